The van der Waals surface area contributed by atoms with Crippen LogP contribution in [-0.2, 0) is 24.2 Å². The molecule has 0 aliphatic carbocycles. The molecule has 5 rings (SSSR count). The highest BCUT2D eigenvalue weighted by Crippen LogP contribution is 2.32. The van der Waals surface area contributed by atoms with Crippen LogP contribution >= 0.6 is 11.3 Å². The molecule has 7 nitrogen and oxygen atoms in total. The first kappa shape index (κ1) is 23.2. The van der Waals surface area contributed by atoms with Crippen molar-refractivity contribution >= 4 is 22.9 Å². The lowest BCUT2D eigenvalue weighted by molar-refractivity contribution is -0.115. The second-order valence-electron chi connectivity index (χ2n) is 8.39. The molecule has 35 heavy (non-hydrogen) atoms. The van der Waals surface area contributed by atoms with Crippen molar-refractivity contribution in [3.8, 4) is 27.7 Å². The van der Waals surface area contributed by atoms with Crippen LogP contribution in [0.3, 0.4) is 0 Å². The smallest absolute Gasteiger partial charge is 0.230 e. The van der Waals surface area contributed by atoms with Crippen LogP contribution in [0.25, 0.3) is 22.0 Å². The van der Waals surface area contributed by atoms with Crippen LogP contribution in [0, 0.1) is 5.82 Å². The van der Waals surface area contributed by atoms with Crippen LogP contribution < -0.4 is 10.1 Å². The highest BCUT2D eigenvalue weighted by Gasteiger charge is 2.18. The number of rotatable bonds is 7. The molecule has 0 saturated heterocycles. The third-order valence-corrected chi connectivity index (χ3v) is 6.84. The number of carbonyl (C=O) groups is 1. The van der Waals surface area contributed by atoms with Gasteiger partial charge in [0, 0.05) is 23.9 Å². The molecule has 9 heteroatoms. The summed E-state index contributed by atoms with van der Waals surface area (Å²) >= 11 is 1.45. The molecule has 0 fully saturated rings. The summed E-state index contributed by atoms with van der Waals surface area (Å²) in [6.45, 7) is 3.33. The number of hydrogen-bond acceptors (Lipinski definition) is 6. The van der Waals surface area contributed by atoms with Crippen molar-refractivity contribution in [3.05, 3.63) is 65.2 Å². The minimum absolute atomic E-state index is 0.0390. The Morgan fingerprint density at radius 1 is 1.17 bits per heavy atom. The quantitative estimate of drug-likeness (QED) is 0.368. The summed E-state index contributed by atoms with van der Waals surface area (Å²) in [5, 5.41) is 14.0. The number of ether oxygens (including phenoxy) is 1. The molecular weight excluding hydrogens is 465 g/mol. The average Bonchev–Trinajstić information content (AvgIpc) is 3.41. The molecular formula is C26H26FN5O2S. The van der Waals surface area contributed by atoms with E-state index in [4.69, 9.17) is 4.74 Å². The molecule has 180 valence electrons. The number of hydrogen-bond donors (Lipinski definition) is 1. The van der Waals surface area contributed by atoms with E-state index in [1.807, 2.05) is 36.6 Å². The number of nitrogens with zero attached hydrogens (tertiary/aromatic N) is 4. The van der Waals surface area contributed by atoms with Gasteiger partial charge in [-0.05, 0) is 50.1 Å². The molecule has 4 aromatic rings. The lowest BCUT2D eigenvalue weighted by Gasteiger charge is -2.10. The van der Waals surface area contributed by atoms with E-state index in [1.165, 1.54) is 17.4 Å². The molecule has 1 aliphatic heterocycles. The van der Waals surface area contributed by atoms with Gasteiger partial charge in [0.1, 0.15) is 22.4 Å². The van der Waals surface area contributed by atoms with Crippen LogP contribution in [0.2, 0.25) is 0 Å². The summed E-state index contributed by atoms with van der Waals surface area (Å²) in [5.41, 5.74) is 2.35. The maximum atomic E-state index is 14.6. The average molecular weight is 492 g/mol. The molecule has 1 N–H and O–H groups in total. The Morgan fingerprint density at radius 3 is 2.94 bits per heavy atom. The number of carbonyl (C=O) groups excluding carboxylic acids is 1. The zero-order valence-electron chi connectivity index (χ0n) is 19.5. The molecule has 3 heterocycles. The topological polar surface area (TPSA) is 81.9 Å². The van der Waals surface area contributed by atoms with E-state index in [0.29, 0.717) is 18.1 Å². The summed E-state index contributed by atoms with van der Waals surface area (Å²) in [7, 11) is 0. The molecule has 1 aliphatic rings. The normalized spacial score (nSPS) is 13.2. The van der Waals surface area contributed by atoms with Crippen LogP contribution in [-0.4, -0.2) is 32.3 Å². The lowest BCUT2D eigenvalue weighted by atomic mass is 10.1. The minimum atomic E-state index is -0.498. The van der Waals surface area contributed by atoms with Gasteiger partial charge in [-0.15, -0.1) is 21.5 Å². The van der Waals surface area contributed by atoms with Gasteiger partial charge >= 0.3 is 0 Å². The monoisotopic (exact) mass is 491 g/mol. The fourth-order valence-electron chi connectivity index (χ4n) is 4.25. The molecule has 0 atom stereocenters. The second kappa shape index (κ2) is 10.4. The van der Waals surface area contributed by atoms with Crippen LogP contribution in [0.5, 0.6) is 5.75 Å². The van der Waals surface area contributed by atoms with Gasteiger partial charge in [-0.3, -0.25) is 4.79 Å². The zero-order valence-corrected chi connectivity index (χ0v) is 20.3. The third-order valence-electron chi connectivity index (χ3n) is 5.92. The van der Waals surface area contributed by atoms with Gasteiger partial charge in [0.05, 0.1) is 30.0 Å². The Hall–Kier alpha value is -3.59. The highest BCUT2D eigenvalue weighted by molar-refractivity contribution is 7.13. The van der Waals surface area contributed by atoms with E-state index < -0.39 is 5.82 Å². The van der Waals surface area contributed by atoms with Gasteiger partial charge in [-0.1, -0.05) is 18.6 Å². The summed E-state index contributed by atoms with van der Waals surface area (Å²) in [6, 6.07) is 12.3. The first-order chi connectivity index (χ1) is 17.1. The van der Waals surface area contributed by atoms with Crippen molar-refractivity contribution in [2.45, 2.75) is 45.6 Å². The van der Waals surface area contributed by atoms with E-state index >= 15 is 0 Å². The second-order valence-corrected chi connectivity index (χ2v) is 9.25. The van der Waals surface area contributed by atoms with Crippen molar-refractivity contribution in [2.24, 2.45) is 0 Å². The number of amides is 1. The predicted octanol–water partition coefficient (Wildman–Crippen LogP) is 5.51. The Kier molecular flexibility index (Phi) is 6.85. The fourth-order valence-corrected chi connectivity index (χ4v) is 5.10. The third kappa shape index (κ3) is 5.09. The highest BCUT2D eigenvalue weighted by atomic mass is 32.1. The standard InChI is InChI=1S/C26H26FN5O2S/c1-2-34-22-9-6-5-8-19(22)26-28-18(16-35-26)15-24(33)29-21-14-17(11-12-20(21)27)25-31-30-23-10-4-3-7-13-32(23)25/h5-6,8-9,11-12,14,16H,2-4,7,10,13,15H2,1H3,(H,29,33). The number of aryl methyl sites for hydroxylation is 1. The molecule has 0 spiro atoms. The largest absolute Gasteiger partial charge is 0.493 e. The first-order valence-corrected chi connectivity index (χ1v) is 12.7. The number of aromatic nitrogens is 4. The predicted molar refractivity (Wildman–Crippen MR) is 134 cm³/mol. The summed E-state index contributed by atoms with van der Waals surface area (Å²) < 4.78 is 22.4. The number of para-hydroxylation sites is 1. The van der Waals surface area contributed by atoms with Crippen molar-refractivity contribution in [1.82, 2.24) is 19.7 Å². The molecule has 0 saturated carbocycles. The molecule has 0 radical (unpaired) electrons. The summed E-state index contributed by atoms with van der Waals surface area (Å²) in [6.07, 6.45) is 4.24. The van der Waals surface area contributed by atoms with Crippen LogP contribution in [0.1, 0.15) is 37.7 Å². The van der Waals surface area contributed by atoms with E-state index in [-0.39, 0.29) is 18.0 Å². The van der Waals surface area contributed by atoms with Gasteiger partial charge in [0.25, 0.3) is 0 Å². The van der Waals surface area contributed by atoms with E-state index in [1.54, 1.807) is 12.1 Å². The van der Waals surface area contributed by atoms with Gasteiger partial charge in [0.15, 0.2) is 5.82 Å². The molecule has 0 bridgehead atoms. The van der Waals surface area contributed by atoms with E-state index in [2.05, 4.69) is 25.1 Å². The SMILES string of the molecule is CCOc1ccccc1-c1nc(CC(=O)Nc2cc(-c3nnc4n3CCCCC4)ccc2F)cs1. The van der Waals surface area contributed by atoms with Gasteiger partial charge in [-0.25, -0.2) is 9.37 Å². The Morgan fingerprint density at radius 2 is 2.06 bits per heavy atom. The van der Waals surface area contributed by atoms with Gasteiger partial charge < -0.3 is 14.6 Å². The number of benzene rings is 2. The number of thiazole rings is 1. The number of nitrogens with one attached hydrogen (secondary N) is 1. The van der Waals surface area contributed by atoms with Gasteiger partial charge in [0.2, 0.25) is 5.91 Å². The zero-order chi connectivity index (χ0) is 24.2. The van der Waals surface area contributed by atoms with Crippen molar-refractivity contribution in [1.29, 1.82) is 0 Å². The maximum absolute atomic E-state index is 14.6. The van der Waals surface area contributed by atoms with E-state index in [0.717, 1.165) is 59.9 Å². The number of anilines is 1. The lowest BCUT2D eigenvalue weighted by Crippen LogP contribution is -2.15. The summed E-state index contributed by atoms with van der Waals surface area (Å²) in [5.74, 6) is 1.58. The summed E-state index contributed by atoms with van der Waals surface area (Å²) in [4.78, 5) is 17.4. The molecule has 2 aromatic carbocycles. The Balaban J connectivity index is 1.31. The molecule has 1 amide bonds. The Bertz CT molecular complexity index is 1350. The van der Waals surface area contributed by atoms with Crippen LogP contribution in [0.15, 0.2) is 47.8 Å². The van der Waals surface area contributed by atoms with Crippen molar-refractivity contribution in [3.63, 3.8) is 0 Å². The first-order valence-electron chi connectivity index (χ1n) is 11.8. The minimum Gasteiger partial charge on any atom is -0.493 e. The van der Waals surface area contributed by atoms with E-state index in [9.17, 15) is 9.18 Å². The Labute approximate surface area is 207 Å². The fraction of sp³-hybridized carbons (Fsp3) is 0.308. The van der Waals surface area contributed by atoms with Crippen LogP contribution in [0.4, 0.5) is 10.1 Å². The molecule has 0 unspecified atom stereocenters. The van der Waals surface area contributed by atoms with Crippen molar-refractivity contribution in [2.75, 3.05) is 11.9 Å². The number of fused-ring (bicyclic) bond motifs is 1. The van der Waals surface area contributed by atoms with Gasteiger partial charge in [-0.2, -0.15) is 0 Å². The molecule has 2 aromatic heterocycles. The maximum Gasteiger partial charge on any atom is 0.230 e. The van der Waals surface area contributed by atoms with Crippen molar-refractivity contribution < 1.29 is 13.9 Å². The number of halogens is 1.